The van der Waals surface area contributed by atoms with Gasteiger partial charge in [-0.25, -0.2) is 0 Å². The SMILES string of the molecule is COc1ccc(OC)c(CN(CC2CCCO2)C2=NCCCS2)c1. The second-order valence-electron chi connectivity index (χ2n) is 6.06. The molecule has 2 aliphatic rings. The highest BCUT2D eigenvalue weighted by molar-refractivity contribution is 8.13. The summed E-state index contributed by atoms with van der Waals surface area (Å²) in [5.74, 6) is 2.87. The summed E-state index contributed by atoms with van der Waals surface area (Å²) in [4.78, 5) is 7.09. The summed E-state index contributed by atoms with van der Waals surface area (Å²) in [6.07, 6.45) is 3.74. The molecule has 24 heavy (non-hydrogen) atoms. The van der Waals surface area contributed by atoms with Crippen molar-refractivity contribution in [2.75, 3.05) is 39.7 Å². The van der Waals surface area contributed by atoms with E-state index in [1.165, 1.54) is 0 Å². The van der Waals surface area contributed by atoms with Crippen molar-refractivity contribution in [3.05, 3.63) is 23.8 Å². The average Bonchev–Trinajstić information content (AvgIpc) is 3.15. The van der Waals surface area contributed by atoms with Crippen molar-refractivity contribution in [1.82, 2.24) is 4.90 Å². The fourth-order valence-corrected chi connectivity index (χ4v) is 4.06. The molecule has 0 amide bonds. The lowest BCUT2D eigenvalue weighted by molar-refractivity contribution is 0.0904. The smallest absolute Gasteiger partial charge is 0.159 e. The summed E-state index contributed by atoms with van der Waals surface area (Å²) in [5.41, 5.74) is 1.11. The molecule has 1 unspecified atom stereocenters. The summed E-state index contributed by atoms with van der Waals surface area (Å²) in [5, 5.41) is 1.13. The Morgan fingerprint density at radius 1 is 1.29 bits per heavy atom. The predicted molar refractivity (Wildman–Crippen MR) is 98.3 cm³/mol. The van der Waals surface area contributed by atoms with Gasteiger partial charge in [0, 0.05) is 37.6 Å². The standard InChI is InChI=1S/C18H26N2O3S/c1-21-15-6-7-17(22-2)14(11-15)12-20(13-16-5-3-9-23-16)18-19-8-4-10-24-18/h6-7,11,16H,3-5,8-10,12-13H2,1-2H3. The van der Waals surface area contributed by atoms with Gasteiger partial charge in [0.25, 0.3) is 0 Å². The van der Waals surface area contributed by atoms with E-state index in [-0.39, 0.29) is 0 Å². The molecule has 0 aromatic heterocycles. The largest absolute Gasteiger partial charge is 0.497 e. The first-order valence-electron chi connectivity index (χ1n) is 8.55. The number of rotatable bonds is 6. The minimum Gasteiger partial charge on any atom is -0.497 e. The number of hydrogen-bond acceptors (Lipinski definition) is 6. The van der Waals surface area contributed by atoms with Gasteiger partial charge in [0.1, 0.15) is 11.5 Å². The Balaban J connectivity index is 1.80. The van der Waals surface area contributed by atoms with Crippen LogP contribution in [0.1, 0.15) is 24.8 Å². The molecule has 0 N–H and O–H groups in total. The van der Waals surface area contributed by atoms with Crippen LogP contribution in [0.15, 0.2) is 23.2 Å². The van der Waals surface area contributed by atoms with Crippen LogP contribution >= 0.6 is 11.8 Å². The Morgan fingerprint density at radius 2 is 2.21 bits per heavy atom. The minimum absolute atomic E-state index is 0.298. The van der Waals surface area contributed by atoms with Crippen molar-refractivity contribution < 1.29 is 14.2 Å². The maximum atomic E-state index is 5.85. The molecule has 0 saturated carbocycles. The Morgan fingerprint density at radius 3 is 2.88 bits per heavy atom. The van der Waals surface area contributed by atoms with E-state index in [9.17, 15) is 0 Å². The molecule has 0 aliphatic carbocycles. The Labute approximate surface area is 148 Å². The van der Waals surface area contributed by atoms with E-state index in [4.69, 9.17) is 19.2 Å². The highest BCUT2D eigenvalue weighted by Gasteiger charge is 2.24. The van der Waals surface area contributed by atoms with Crippen LogP contribution in [-0.4, -0.2) is 55.8 Å². The summed E-state index contributed by atoms with van der Waals surface area (Å²) < 4.78 is 16.8. The van der Waals surface area contributed by atoms with Gasteiger partial charge in [-0.3, -0.25) is 4.99 Å². The van der Waals surface area contributed by atoms with E-state index in [2.05, 4.69) is 11.0 Å². The second-order valence-corrected chi connectivity index (χ2v) is 7.12. The molecule has 5 nitrogen and oxygen atoms in total. The van der Waals surface area contributed by atoms with Crippen LogP contribution in [0.4, 0.5) is 0 Å². The van der Waals surface area contributed by atoms with Crippen LogP contribution in [0.25, 0.3) is 0 Å². The first-order valence-corrected chi connectivity index (χ1v) is 9.53. The van der Waals surface area contributed by atoms with E-state index >= 15 is 0 Å². The van der Waals surface area contributed by atoms with Gasteiger partial charge in [-0.1, -0.05) is 11.8 Å². The summed E-state index contributed by atoms with van der Waals surface area (Å²) >= 11 is 1.85. The summed E-state index contributed by atoms with van der Waals surface area (Å²) in [7, 11) is 3.40. The van der Waals surface area contributed by atoms with Crippen molar-refractivity contribution in [3.8, 4) is 11.5 Å². The molecule has 0 bridgehead atoms. The molecule has 1 saturated heterocycles. The third kappa shape index (κ3) is 4.36. The number of hydrogen-bond donors (Lipinski definition) is 0. The predicted octanol–water partition coefficient (Wildman–Crippen LogP) is 3.18. The van der Waals surface area contributed by atoms with Crippen molar-refractivity contribution in [1.29, 1.82) is 0 Å². The highest BCUT2D eigenvalue weighted by Crippen LogP contribution is 2.28. The molecular weight excluding hydrogens is 324 g/mol. The van der Waals surface area contributed by atoms with Crippen molar-refractivity contribution in [3.63, 3.8) is 0 Å². The Bertz CT molecular complexity index is 573. The quantitative estimate of drug-likeness (QED) is 0.788. The van der Waals surface area contributed by atoms with E-state index in [0.717, 1.165) is 73.5 Å². The number of methoxy groups -OCH3 is 2. The lowest BCUT2D eigenvalue weighted by Crippen LogP contribution is -2.36. The zero-order valence-corrected chi connectivity index (χ0v) is 15.3. The third-order valence-electron chi connectivity index (χ3n) is 4.35. The maximum absolute atomic E-state index is 5.85. The highest BCUT2D eigenvalue weighted by atomic mass is 32.2. The van der Waals surface area contributed by atoms with Gasteiger partial charge < -0.3 is 19.1 Å². The van der Waals surface area contributed by atoms with Crippen LogP contribution in [-0.2, 0) is 11.3 Å². The van der Waals surface area contributed by atoms with Crippen LogP contribution in [0.2, 0.25) is 0 Å². The van der Waals surface area contributed by atoms with Gasteiger partial charge in [0.05, 0.1) is 20.3 Å². The van der Waals surface area contributed by atoms with Crippen molar-refractivity contribution in [2.45, 2.75) is 31.9 Å². The van der Waals surface area contributed by atoms with E-state index in [0.29, 0.717) is 6.10 Å². The normalized spacial score (nSPS) is 20.6. The number of thioether (sulfide) groups is 1. The van der Waals surface area contributed by atoms with Crippen molar-refractivity contribution >= 4 is 16.9 Å². The third-order valence-corrected chi connectivity index (χ3v) is 5.49. The lowest BCUT2D eigenvalue weighted by atomic mass is 10.1. The monoisotopic (exact) mass is 350 g/mol. The fourth-order valence-electron chi connectivity index (χ4n) is 3.10. The average molecular weight is 350 g/mol. The van der Waals surface area contributed by atoms with Crippen LogP contribution in [0, 0.1) is 0 Å². The number of nitrogens with zero attached hydrogens (tertiary/aromatic N) is 2. The molecule has 1 fully saturated rings. The molecule has 1 aromatic rings. The van der Waals surface area contributed by atoms with Gasteiger partial charge in [-0.15, -0.1) is 0 Å². The first-order chi connectivity index (χ1) is 11.8. The van der Waals surface area contributed by atoms with Gasteiger partial charge in [-0.05, 0) is 37.5 Å². The lowest BCUT2D eigenvalue weighted by Gasteiger charge is -2.30. The van der Waals surface area contributed by atoms with Crippen LogP contribution in [0.3, 0.4) is 0 Å². The van der Waals surface area contributed by atoms with Gasteiger partial charge in [-0.2, -0.15) is 0 Å². The molecule has 3 rings (SSSR count). The molecule has 0 spiro atoms. The fraction of sp³-hybridized carbons (Fsp3) is 0.611. The number of benzene rings is 1. The number of aliphatic imine (C=N–C) groups is 1. The van der Waals surface area contributed by atoms with E-state index in [1.54, 1.807) is 14.2 Å². The molecule has 1 atom stereocenters. The van der Waals surface area contributed by atoms with Gasteiger partial charge in [0.15, 0.2) is 5.17 Å². The van der Waals surface area contributed by atoms with Crippen molar-refractivity contribution in [2.24, 2.45) is 4.99 Å². The van der Waals surface area contributed by atoms with Crippen LogP contribution < -0.4 is 9.47 Å². The van der Waals surface area contributed by atoms with Gasteiger partial charge >= 0.3 is 0 Å². The molecule has 1 aromatic carbocycles. The first kappa shape index (κ1) is 17.4. The summed E-state index contributed by atoms with van der Waals surface area (Å²) in [6, 6.07) is 5.95. The zero-order chi connectivity index (χ0) is 16.8. The molecule has 0 radical (unpaired) electrons. The molecule has 2 heterocycles. The Kier molecular flexibility index (Phi) is 6.26. The molecule has 2 aliphatic heterocycles. The number of ether oxygens (including phenoxy) is 3. The van der Waals surface area contributed by atoms with E-state index < -0.39 is 0 Å². The number of amidine groups is 1. The molecule has 6 heteroatoms. The topological polar surface area (TPSA) is 43.3 Å². The zero-order valence-electron chi connectivity index (χ0n) is 14.5. The minimum atomic E-state index is 0.298. The molecule has 132 valence electrons. The van der Waals surface area contributed by atoms with E-state index in [1.807, 2.05) is 23.9 Å². The maximum Gasteiger partial charge on any atom is 0.159 e. The molecular formula is C18H26N2O3S. The van der Waals surface area contributed by atoms with Gasteiger partial charge in [0.2, 0.25) is 0 Å². The second kappa shape index (κ2) is 8.62. The van der Waals surface area contributed by atoms with Crippen LogP contribution in [0.5, 0.6) is 11.5 Å². The Hall–Kier alpha value is -1.40. The summed E-state index contributed by atoms with van der Waals surface area (Å²) in [6.45, 7) is 3.43.